The van der Waals surface area contributed by atoms with Crippen LogP contribution in [0.3, 0.4) is 0 Å². The van der Waals surface area contributed by atoms with Gasteiger partial charge >= 0.3 is 0 Å². The largest absolute Gasteiger partial charge is 0.368 e. The Morgan fingerprint density at radius 2 is 2.21 bits per heavy atom. The van der Waals surface area contributed by atoms with Gasteiger partial charge in [-0.1, -0.05) is 0 Å². The summed E-state index contributed by atoms with van der Waals surface area (Å²) in [5.74, 6) is 1.85. The van der Waals surface area contributed by atoms with E-state index in [4.69, 9.17) is 5.73 Å². The van der Waals surface area contributed by atoms with Crippen molar-refractivity contribution in [2.75, 3.05) is 11.1 Å². The molecular formula is C11H14IN7. The number of nitrogens with one attached hydrogen (secondary N) is 1. The minimum Gasteiger partial charge on any atom is -0.368 e. The molecule has 2 heterocycles. The smallest absolute Gasteiger partial charge is 0.257 e. The van der Waals surface area contributed by atoms with E-state index in [0.717, 1.165) is 3.57 Å². The monoisotopic (exact) mass is 371 g/mol. The van der Waals surface area contributed by atoms with Crippen LogP contribution in [-0.4, -0.2) is 30.8 Å². The summed E-state index contributed by atoms with van der Waals surface area (Å²) in [6.07, 6.45) is 6.10. The fourth-order valence-electron chi connectivity index (χ4n) is 1.88. The molecule has 0 aromatic carbocycles. The van der Waals surface area contributed by atoms with E-state index in [0.29, 0.717) is 23.9 Å². The van der Waals surface area contributed by atoms with Crippen molar-refractivity contribution in [2.24, 2.45) is 5.92 Å². The highest BCUT2D eigenvalue weighted by atomic mass is 127. The van der Waals surface area contributed by atoms with E-state index in [2.05, 4.69) is 54.9 Å². The Hall–Kier alpha value is -1.45. The maximum absolute atomic E-state index is 5.73. The van der Waals surface area contributed by atoms with Gasteiger partial charge in [0.2, 0.25) is 11.9 Å². The highest BCUT2D eigenvalue weighted by Crippen LogP contribution is 2.33. The van der Waals surface area contributed by atoms with Crippen LogP contribution < -0.4 is 11.1 Å². The van der Waals surface area contributed by atoms with Crippen LogP contribution in [-0.2, 0) is 0 Å². The first-order chi connectivity index (χ1) is 9.11. The van der Waals surface area contributed by atoms with Gasteiger partial charge < -0.3 is 11.1 Å². The van der Waals surface area contributed by atoms with Gasteiger partial charge in [0, 0.05) is 12.2 Å². The topological polar surface area (TPSA) is 94.5 Å². The van der Waals surface area contributed by atoms with Gasteiger partial charge in [-0.15, -0.1) is 0 Å². The number of nitrogens with two attached hydrogens (primary N) is 1. The lowest BCUT2D eigenvalue weighted by atomic mass is 10.2. The summed E-state index contributed by atoms with van der Waals surface area (Å²) in [6.45, 7) is 2.13. The van der Waals surface area contributed by atoms with Gasteiger partial charge in [0.25, 0.3) is 5.95 Å². The molecule has 1 fully saturated rings. The third-order valence-corrected chi connectivity index (χ3v) is 3.64. The fraction of sp³-hybridized carbons (Fsp3) is 0.455. The van der Waals surface area contributed by atoms with E-state index in [9.17, 15) is 0 Å². The lowest BCUT2D eigenvalue weighted by Crippen LogP contribution is -2.20. The van der Waals surface area contributed by atoms with Crippen molar-refractivity contribution in [3.63, 3.8) is 0 Å². The normalized spacial score (nSPS) is 16.3. The van der Waals surface area contributed by atoms with Crippen LogP contribution in [0, 0.1) is 9.49 Å². The number of anilines is 2. The third kappa shape index (κ3) is 2.94. The molecule has 19 heavy (non-hydrogen) atoms. The van der Waals surface area contributed by atoms with Gasteiger partial charge in [-0.2, -0.15) is 20.1 Å². The minimum atomic E-state index is 0.195. The second kappa shape index (κ2) is 4.91. The Labute approximate surface area is 124 Å². The second-order valence-corrected chi connectivity index (χ2v) is 5.94. The summed E-state index contributed by atoms with van der Waals surface area (Å²) in [7, 11) is 0. The van der Waals surface area contributed by atoms with Crippen molar-refractivity contribution in [1.82, 2.24) is 24.7 Å². The van der Waals surface area contributed by atoms with Gasteiger partial charge in [0.05, 0.1) is 9.77 Å². The summed E-state index contributed by atoms with van der Waals surface area (Å²) in [5.41, 5.74) is 5.73. The predicted molar refractivity (Wildman–Crippen MR) is 79.9 cm³/mol. The van der Waals surface area contributed by atoms with Crippen LogP contribution in [0.25, 0.3) is 5.95 Å². The van der Waals surface area contributed by atoms with Crippen molar-refractivity contribution < 1.29 is 0 Å². The van der Waals surface area contributed by atoms with Crippen molar-refractivity contribution in [3.8, 4) is 5.95 Å². The Morgan fingerprint density at radius 1 is 1.42 bits per heavy atom. The zero-order chi connectivity index (χ0) is 13.4. The van der Waals surface area contributed by atoms with Crippen molar-refractivity contribution in [3.05, 3.63) is 16.0 Å². The molecule has 0 radical (unpaired) electrons. The molecule has 0 saturated heterocycles. The fourth-order valence-corrected chi connectivity index (χ4v) is 2.26. The molecule has 2 aromatic heterocycles. The molecule has 3 N–H and O–H groups in total. The van der Waals surface area contributed by atoms with Gasteiger partial charge in [-0.25, -0.2) is 4.68 Å². The molecule has 0 amide bonds. The number of halogens is 1. The first-order valence-corrected chi connectivity index (χ1v) is 7.18. The highest BCUT2D eigenvalue weighted by Gasteiger charge is 2.28. The maximum atomic E-state index is 5.73. The average molecular weight is 371 g/mol. The molecular weight excluding hydrogens is 357 g/mol. The third-order valence-electron chi connectivity index (χ3n) is 3.08. The van der Waals surface area contributed by atoms with E-state index < -0.39 is 0 Å². The first-order valence-electron chi connectivity index (χ1n) is 6.10. The number of nitrogen functional groups attached to an aromatic ring is 1. The zero-order valence-electron chi connectivity index (χ0n) is 10.4. The molecule has 8 heteroatoms. The van der Waals surface area contributed by atoms with E-state index in [1.54, 1.807) is 10.9 Å². The number of nitrogens with zero attached hydrogens (tertiary/aromatic N) is 5. The standard InChI is InChI=1S/C11H14IN7/c1-6(7-2-3-7)15-10-16-9(13)17-11(18-10)19-5-8(12)4-14-19/h4-7H,2-3H2,1H3,(H3,13,15,16,17,18). The van der Waals surface area contributed by atoms with Crippen molar-refractivity contribution >= 4 is 34.5 Å². The molecule has 7 nitrogen and oxygen atoms in total. The quantitative estimate of drug-likeness (QED) is 0.791. The van der Waals surface area contributed by atoms with Crippen LogP contribution in [0.2, 0.25) is 0 Å². The summed E-state index contributed by atoms with van der Waals surface area (Å²) in [5, 5.41) is 7.44. The van der Waals surface area contributed by atoms with E-state index in [-0.39, 0.29) is 5.95 Å². The molecule has 1 aliphatic carbocycles. The molecule has 1 atom stereocenters. The summed E-state index contributed by atoms with van der Waals surface area (Å²) in [6, 6.07) is 0.354. The van der Waals surface area contributed by atoms with E-state index in [1.807, 2.05) is 6.20 Å². The van der Waals surface area contributed by atoms with Crippen LogP contribution >= 0.6 is 22.6 Å². The van der Waals surface area contributed by atoms with E-state index in [1.165, 1.54) is 12.8 Å². The molecule has 100 valence electrons. The van der Waals surface area contributed by atoms with Gasteiger partial charge in [-0.05, 0) is 48.3 Å². The maximum Gasteiger partial charge on any atom is 0.257 e. The predicted octanol–water partition coefficient (Wildman–Crippen LogP) is 1.45. The van der Waals surface area contributed by atoms with Crippen molar-refractivity contribution in [1.29, 1.82) is 0 Å². The molecule has 1 unspecified atom stereocenters. The lowest BCUT2D eigenvalue weighted by molar-refractivity contribution is 0.682. The molecule has 0 aliphatic heterocycles. The molecule has 0 spiro atoms. The van der Waals surface area contributed by atoms with Crippen molar-refractivity contribution in [2.45, 2.75) is 25.8 Å². The SMILES string of the molecule is CC(Nc1nc(N)nc(-n2cc(I)cn2)n1)C1CC1. The summed E-state index contributed by atoms with van der Waals surface area (Å²) in [4.78, 5) is 12.6. The molecule has 1 aliphatic rings. The Balaban J connectivity index is 1.86. The summed E-state index contributed by atoms with van der Waals surface area (Å²) < 4.78 is 2.60. The minimum absolute atomic E-state index is 0.195. The van der Waals surface area contributed by atoms with Gasteiger partial charge in [0.1, 0.15) is 0 Å². The first kappa shape index (κ1) is 12.6. The number of aromatic nitrogens is 5. The van der Waals surface area contributed by atoms with Crippen LogP contribution in [0.4, 0.5) is 11.9 Å². The molecule has 3 rings (SSSR count). The van der Waals surface area contributed by atoms with Gasteiger partial charge in [0.15, 0.2) is 0 Å². The second-order valence-electron chi connectivity index (χ2n) is 4.69. The van der Waals surface area contributed by atoms with Crippen LogP contribution in [0.15, 0.2) is 12.4 Å². The van der Waals surface area contributed by atoms with Gasteiger partial charge in [-0.3, -0.25) is 0 Å². The lowest BCUT2D eigenvalue weighted by Gasteiger charge is -2.13. The number of hydrogen-bond donors (Lipinski definition) is 2. The Morgan fingerprint density at radius 3 is 2.84 bits per heavy atom. The summed E-state index contributed by atoms with van der Waals surface area (Å²) >= 11 is 2.18. The van der Waals surface area contributed by atoms with E-state index >= 15 is 0 Å². The molecule has 1 saturated carbocycles. The molecule has 2 aromatic rings. The van der Waals surface area contributed by atoms with Crippen LogP contribution in [0.1, 0.15) is 19.8 Å². The molecule has 0 bridgehead atoms. The number of rotatable bonds is 4. The zero-order valence-corrected chi connectivity index (χ0v) is 12.6. The Kier molecular flexibility index (Phi) is 3.25. The number of hydrogen-bond acceptors (Lipinski definition) is 6. The van der Waals surface area contributed by atoms with Crippen LogP contribution in [0.5, 0.6) is 0 Å². The Bertz CT molecular complexity index is 592. The highest BCUT2D eigenvalue weighted by molar-refractivity contribution is 14.1. The average Bonchev–Trinajstić information content (AvgIpc) is 3.11.